The van der Waals surface area contributed by atoms with E-state index >= 15 is 0 Å². The third-order valence-corrected chi connectivity index (χ3v) is 4.88. The Labute approximate surface area is 96.8 Å². The molecule has 0 saturated heterocycles. The number of hydrogen-bond acceptors (Lipinski definition) is 5. The fraction of sp³-hybridized carbons (Fsp3) is 0.571. The Morgan fingerprint density at radius 2 is 2.36 bits per heavy atom. The lowest BCUT2D eigenvalue weighted by atomic mass is 10.6. The molecule has 0 radical (unpaired) electrons. The Morgan fingerprint density at radius 1 is 1.64 bits per heavy atom. The van der Waals surface area contributed by atoms with Crippen molar-refractivity contribution in [1.82, 2.24) is 4.98 Å². The van der Waals surface area contributed by atoms with Crippen molar-refractivity contribution < 1.29 is 8.42 Å². The first kappa shape index (κ1) is 12.3. The molecule has 0 aliphatic heterocycles. The molecular weight excluding hydrogens is 262 g/mol. The number of hydrogen-bond donors (Lipinski definition) is 0. The quantitative estimate of drug-likeness (QED) is 0.770. The van der Waals surface area contributed by atoms with Crippen LogP contribution in [0, 0.1) is 0 Å². The monoisotopic (exact) mass is 271 g/mol. The average molecular weight is 272 g/mol. The summed E-state index contributed by atoms with van der Waals surface area (Å²) in [6.07, 6.45) is 2.97. The van der Waals surface area contributed by atoms with Gasteiger partial charge in [-0.25, -0.2) is 13.4 Å². The highest BCUT2D eigenvalue weighted by Crippen LogP contribution is 2.22. The Bertz CT molecular complexity index is 387. The molecule has 0 amide bonds. The van der Waals surface area contributed by atoms with Crippen molar-refractivity contribution in [2.45, 2.75) is 5.75 Å². The van der Waals surface area contributed by atoms with Gasteiger partial charge in [0.25, 0.3) is 0 Å². The molecular formula is C7H10ClNO2S3. The van der Waals surface area contributed by atoms with E-state index < -0.39 is 9.84 Å². The molecule has 0 unspecified atom stereocenters. The second kappa shape index (κ2) is 5.34. The SMILES string of the molecule is CS(=O)(=O)CCSCc1cnc(Cl)s1. The second-order valence-electron chi connectivity index (χ2n) is 2.76. The molecule has 1 rings (SSSR count). The van der Waals surface area contributed by atoms with E-state index in [0.29, 0.717) is 10.2 Å². The van der Waals surface area contributed by atoms with Gasteiger partial charge in [0.1, 0.15) is 9.84 Å². The van der Waals surface area contributed by atoms with E-state index in [0.717, 1.165) is 10.6 Å². The van der Waals surface area contributed by atoms with Crippen molar-refractivity contribution in [3.63, 3.8) is 0 Å². The topological polar surface area (TPSA) is 47.0 Å². The maximum atomic E-state index is 10.8. The van der Waals surface area contributed by atoms with Crippen LogP contribution in [-0.4, -0.2) is 31.2 Å². The summed E-state index contributed by atoms with van der Waals surface area (Å²) < 4.78 is 22.1. The lowest BCUT2D eigenvalue weighted by Crippen LogP contribution is -2.04. The fourth-order valence-electron chi connectivity index (χ4n) is 0.733. The van der Waals surface area contributed by atoms with E-state index in [9.17, 15) is 8.42 Å². The number of rotatable bonds is 5. The van der Waals surface area contributed by atoms with Gasteiger partial charge in [0.15, 0.2) is 4.47 Å². The van der Waals surface area contributed by atoms with Crippen molar-refractivity contribution in [2.75, 3.05) is 17.8 Å². The molecule has 0 aliphatic rings. The van der Waals surface area contributed by atoms with Crippen molar-refractivity contribution in [3.8, 4) is 0 Å². The molecule has 0 aliphatic carbocycles. The zero-order chi connectivity index (χ0) is 10.6. The van der Waals surface area contributed by atoms with Gasteiger partial charge in [-0.15, -0.1) is 11.3 Å². The molecule has 3 nitrogen and oxygen atoms in total. The van der Waals surface area contributed by atoms with Crippen LogP contribution >= 0.6 is 34.7 Å². The van der Waals surface area contributed by atoms with E-state index in [1.807, 2.05) is 0 Å². The molecule has 7 heteroatoms. The van der Waals surface area contributed by atoms with Gasteiger partial charge in [0.2, 0.25) is 0 Å². The highest BCUT2D eigenvalue weighted by Gasteiger charge is 2.03. The van der Waals surface area contributed by atoms with Gasteiger partial charge in [-0.05, 0) is 0 Å². The third-order valence-electron chi connectivity index (χ3n) is 1.37. The van der Waals surface area contributed by atoms with Crippen LogP contribution in [0.4, 0.5) is 0 Å². The van der Waals surface area contributed by atoms with Crippen LogP contribution in [-0.2, 0) is 15.6 Å². The number of sulfone groups is 1. The summed E-state index contributed by atoms with van der Waals surface area (Å²) in [5.74, 6) is 1.62. The van der Waals surface area contributed by atoms with Gasteiger partial charge in [-0.2, -0.15) is 11.8 Å². The average Bonchev–Trinajstić information content (AvgIpc) is 2.44. The first-order valence-corrected chi connectivity index (χ1v) is 8.24. The highest BCUT2D eigenvalue weighted by atomic mass is 35.5. The molecule has 0 bridgehead atoms. The summed E-state index contributed by atoms with van der Waals surface area (Å²) in [7, 11) is -2.83. The van der Waals surface area contributed by atoms with Crippen LogP contribution in [0.3, 0.4) is 0 Å². The van der Waals surface area contributed by atoms with E-state index in [1.165, 1.54) is 17.6 Å². The Balaban J connectivity index is 2.23. The molecule has 1 heterocycles. The van der Waals surface area contributed by atoms with E-state index in [2.05, 4.69) is 4.98 Å². The Hall–Kier alpha value is 0.220. The summed E-state index contributed by atoms with van der Waals surface area (Å²) in [5, 5.41) is 0. The lowest BCUT2D eigenvalue weighted by molar-refractivity contribution is 0.603. The van der Waals surface area contributed by atoms with Crippen LogP contribution in [0.1, 0.15) is 4.88 Å². The first-order chi connectivity index (χ1) is 6.47. The normalized spacial score (nSPS) is 11.9. The minimum atomic E-state index is -2.83. The van der Waals surface area contributed by atoms with Gasteiger partial charge in [0.05, 0.1) is 5.75 Å². The summed E-state index contributed by atoms with van der Waals surface area (Å²) >= 11 is 8.66. The van der Waals surface area contributed by atoms with Crippen LogP contribution in [0.5, 0.6) is 0 Å². The molecule has 0 N–H and O–H groups in total. The zero-order valence-electron chi connectivity index (χ0n) is 7.57. The molecule has 80 valence electrons. The second-order valence-corrected chi connectivity index (χ2v) is 7.82. The highest BCUT2D eigenvalue weighted by molar-refractivity contribution is 8.00. The Kier molecular flexibility index (Phi) is 4.69. The van der Waals surface area contributed by atoms with Crippen molar-refractivity contribution in [1.29, 1.82) is 0 Å². The minimum Gasteiger partial charge on any atom is -0.233 e. The number of nitrogens with zero attached hydrogens (tertiary/aromatic N) is 1. The summed E-state index contributed by atoms with van der Waals surface area (Å²) in [6, 6.07) is 0. The maximum Gasteiger partial charge on any atom is 0.183 e. The molecule has 1 aromatic rings. The van der Waals surface area contributed by atoms with Crippen LogP contribution in [0.15, 0.2) is 6.20 Å². The molecule has 0 spiro atoms. The number of thioether (sulfide) groups is 1. The minimum absolute atomic E-state index is 0.226. The number of aromatic nitrogens is 1. The molecule has 0 atom stereocenters. The van der Waals surface area contributed by atoms with Crippen molar-refractivity contribution in [2.24, 2.45) is 0 Å². The smallest absolute Gasteiger partial charge is 0.183 e. The summed E-state index contributed by atoms with van der Waals surface area (Å²) in [6.45, 7) is 0. The number of halogens is 1. The summed E-state index contributed by atoms with van der Waals surface area (Å²) in [5.41, 5.74) is 0. The van der Waals surface area contributed by atoms with E-state index in [4.69, 9.17) is 11.6 Å². The molecule has 0 aromatic carbocycles. The van der Waals surface area contributed by atoms with Crippen LogP contribution in [0.2, 0.25) is 4.47 Å². The largest absolute Gasteiger partial charge is 0.233 e. The fourth-order valence-corrected chi connectivity index (χ4v) is 4.09. The van der Waals surface area contributed by atoms with Gasteiger partial charge < -0.3 is 0 Å². The summed E-state index contributed by atoms with van der Waals surface area (Å²) in [4.78, 5) is 4.97. The first-order valence-electron chi connectivity index (χ1n) is 3.83. The predicted octanol–water partition coefficient (Wildman–Crippen LogP) is 2.07. The molecule has 0 saturated carbocycles. The predicted molar refractivity (Wildman–Crippen MR) is 63.0 cm³/mol. The Morgan fingerprint density at radius 3 is 2.86 bits per heavy atom. The van der Waals surface area contributed by atoms with E-state index in [1.54, 1.807) is 18.0 Å². The maximum absolute atomic E-state index is 10.8. The molecule has 14 heavy (non-hydrogen) atoms. The van der Waals surface area contributed by atoms with Crippen molar-refractivity contribution >= 4 is 44.5 Å². The zero-order valence-corrected chi connectivity index (χ0v) is 10.8. The van der Waals surface area contributed by atoms with Gasteiger partial charge in [-0.1, -0.05) is 11.6 Å². The van der Waals surface area contributed by atoms with Gasteiger partial charge in [-0.3, -0.25) is 0 Å². The molecule has 1 aromatic heterocycles. The van der Waals surface area contributed by atoms with Crippen LogP contribution in [0.25, 0.3) is 0 Å². The van der Waals surface area contributed by atoms with Crippen molar-refractivity contribution in [3.05, 3.63) is 15.5 Å². The van der Waals surface area contributed by atoms with Crippen LogP contribution < -0.4 is 0 Å². The molecule has 0 fully saturated rings. The third kappa shape index (κ3) is 5.19. The van der Waals surface area contributed by atoms with E-state index in [-0.39, 0.29) is 5.75 Å². The standard InChI is InChI=1S/C7H10ClNO2S3/c1-14(10,11)3-2-12-5-6-4-9-7(8)13-6/h4H,2-3,5H2,1H3. The van der Waals surface area contributed by atoms with Gasteiger partial charge in [0, 0.05) is 28.8 Å². The van der Waals surface area contributed by atoms with Gasteiger partial charge >= 0.3 is 0 Å². The number of thiazole rings is 1. The lowest BCUT2D eigenvalue weighted by Gasteiger charge is -1.97.